The lowest BCUT2D eigenvalue weighted by molar-refractivity contribution is -0.142. The van der Waals surface area contributed by atoms with Crippen LogP contribution in [0.2, 0.25) is 0 Å². The van der Waals surface area contributed by atoms with Crippen LogP contribution in [-0.4, -0.2) is 54.7 Å². The number of hydrogen-bond acceptors (Lipinski definition) is 7. The SMILES string of the molecule is CCCNC(=O)CN1C(=O)S/C(=C\c2ccc(OCC(=O)OC)cc2)C1=O. The fraction of sp³-hybridized carbons (Fsp3) is 0.333. The molecule has 1 fully saturated rings. The van der Waals surface area contributed by atoms with Crippen LogP contribution in [0.15, 0.2) is 29.2 Å². The van der Waals surface area contributed by atoms with Gasteiger partial charge in [0.2, 0.25) is 5.91 Å². The van der Waals surface area contributed by atoms with Crippen LogP contribution in [0.3, 0.4) is 0 Å². The van der Waals surface area contributed by atoms with Crippen molar-refractivity contribution in [1.82, 2.24) is 10.2 Å². The summed E-state index contributed by atoms with van der Waals surface area (Å²) in [5.74, 6) is -0.885. The van der Waals surface area contributed by atoms with Gasteiger partial charge >= 0.3 is 5.97 Å². The lowest BCUT2D eigenvalue weighted by Crippen LogP contribution is -2.39. The first-order valence-corrected chi connectivity index (χ1v) is 9.08. The lowest BCUT2D eigenvalue weighted by Gasteiger charge is -2.11. The van der Waals surface area contributed by atoms with Crippen molar-refractivity contribution < 1.29 is 28.7 Å². The van der Waals surface area contributed by atoms with Crippen molar-refractivity contribution in [2.75, 3.05) is 26.8 Å². The number of esters is 1. The van der Waals surface area contributed by atoms with Crippen LogP contribution >= 0.6 is 11.8 Å². The molecule has 1 aromatic rings. The fourth-order valence-corrected chi connectivity index (χ4v) is 2.95. The normalized spacial score (nSPS) is 15.2. The molecule has 0 radical (unpaired) electrons. The number of nitrogens with zero attached hydrogens (tertiary/aromatic N) is 1. The zero-order valence-electron chi connectivity index (χ0n) is 15.0. The van der Waals surface area contributed by atoms with E-state index in [-0.39, 0.29) is 24.0 Å². The number of rotatable bonds is 8. The van der Waals surface area contributed by atoms with Crippen LogP contribution in [0.25, 0.3) is 6.08 Å². The van der Waals surface area contributed by atoms with Gasteiger partial charge < -0.3 is 14.8 Å². The number of methoxy groups -OCH3 is 1. The summed E-state index contributed by atoms with van der Waals surface area (Å²) in [4.78, 5) is 48.3. The van der Waals surface area contributed by atoms with Crippen molar-refractivity contribution in [3.8, 4) is 5.75 Å². The largest absolute Gasteiger partial charge is 0.482 e. The maximum atomic E-state index is 12.4. The molecule has 0 aromatic heterocycles. The Bertz CT molecular complexity index is 760. The third-order valence-electron chi connectivity index (χ3n) is 3.51. The Morgan fingerprint density at radius 1 is 1.22 bits per heavy atom. The third kappa shape index (κ3) is 5.85. The molecule has 0 aliphatic carbocycles. The summed E-state index contributed by atoms with van der Waals surface area (Å²) in [5.41, 5.74) is 0.682. The van der Waals surface area contributed by atoms with Crippen LogP contribution in [0.4, 0.5) is 4.79 Å². The highest BCUT2D eigenvalue weighted by Crippen LogP contribution is 2.32. The van der Waals surface area contributed by atoms with Crippen LogP contribution in [0, 0.1) is 0 Å². The highest BCUT2D eigenvalue weighted by molar-refractivity contribution is 8.18. The van der Waals surface area contributed by atoms with Crippen molar-refractivity contribution in [1.29, 1.82) is 0 Å². The Balaban J connectivity index is 2.00. The molecule has 8 nitrogen and oxygen atoms in total. The van der Waals surface area contributed by atoms with E-state index in [2.05, 4.69) is 10.1 Å². The Hall–Kier alpha value is -2.81. The molecule has 0 bridgehead atoms. The van der Waals surface area contributed by atoms with Gasteiger partial charge in [0.1, 0.15) is 12.3 Å². The minimum atomic E-state index is -0.498. The maximum absolute atomic E-state index is 12.4. The summed E-state index contributed by atoms with van der Waals surface area (Å²) in [6, 6.07) is 6.65. The van der Waals surface area contributed by atoms with Crippen molar-refractivity contribution in [2.45, 2.75) is 13.3 Å². The quantitative estimate of drug-likeness (QED) is 0.532. The van der Waals surface area contributed by atoms with Crippen molar-refractivity contribution in [3.63, 3.8) is 0 Å². The Kier molecular flexibility index (Phi) is 7.42. The van der Waals surface area contributed by atoms with E-state index in [9.17, 15) is 19.2 Å². The smallest absolute Gasteiger partial charge is 0.343 e. The minimum absolute atomic E-state index is 0.200. The summed E-state index contributed by atoms with van der Waals surface area (Å²) < 4.78 is 9.73. The third-order valence-corrected chi connectivity index (χ3v) is 4.42. The zero-order valence-corrected chi connectivity index (χ0v) is 15.8. The summed E-state index contributed by atoms with van der Waals surface area (Å²) in [6.07, 6.45) is 2.34. The van der Waals surface area contributed by atoms with Gasteiger partial charge in [-0.3, -0.25) is 19.3 Å². The molecule has 1 saturated heterocycles. The number of hydrogen-bond donors (Lipinski definition) is 1. The monoisotopic (exact) mass is 392 g/mol. The van der Waals surface area contributed by atoms with Crippen molar-refractivity contribution >= 4 is 40.9 Å². The molecular weight excluding hydrogens is 372 g/mol. The van der Waals surface area contributed by atoms with Gasteiger partial charge in [0.25, 0.3) is 11.1 Å². The number of amides is 3. The number of carbonyl (C=O) groups is 4. The number of thioether (sulfide) groups is 1. The predicted octanol–water partition coefficient (Wildman–Crippen LogP) is 1.80. The first-order valence-electron chi connectivity index (χ1n) is 8.26. The second-order valence-electron chi connectivity index (χ2n) is 5.55. The van der Waals surface area contributed by atoms with Gasteiger partial charge in [-0.05, 0) is 42.0 Å². The number of ether oxygens (including phenoxy) is 2. The van der Waals surface area contributed by atoms with E-state index in [1.807, 2.05) is 6.92 Å². The summed E-state index contributed by atoms with van der Waals surface area (Å²) >= 11 is 0.790. The number of imide groups is 1. The molecule has 0 atom stereocenters. The van der Waals surface area contributed by atoms with Gasteiger partial charge in [0, 0.05) is 6.54 Å². The Morgan fingerprint density at radius 2 is 1.93 bits per heavy atom. The van der Waals surface area contributed by atoms with Crippen LogP contribution in [0.5, 0.6) is 5.75 Å². The molecule has 9 heteroatoms. The molecule has 1 heterocycles. The number of benzene rings is 1. The molecule has 0 spiro atoms. The van der Waals surface area contributed by atoms with Gasteiger partial charge in [0.15, 0.2) is 6.61 Å². The van der Waals surface area contributed by atoms with Crippen molar-refractivity contribution in [3.05, 3.63) is 34.7 Å². The molecule has 2 rings (SSSR count). The zero-order chi connectivity index (χ0) is 19.8. The molecular formula is C18H20N2O6S. The van der Waals surface area contributed by atoms with E-state index in [0.29, 0.717) is 17.9 Å². The van der Waals surface area contributed by atoms with E-state index in [1.54, 1.807) is 30.3 Å². The highest BCUT2D eigenvalue weighted by Gasteiger charge is 2.36. The highest BCUT2D eigenvalue weighted by atomic mass is 32.2. The van der Waals surface area contributed by atoms with Gasteiger partial charge in [-0.15, -0.1) is 0 Å². The predicted molar refractivity (Wildman–Crippen MR) is 99.9 cm³/mol. The average Bonchev–Trinajstić information content (AvgIpc) is 2.92. The maximum Gasteiger partial charge on any atom is 0.343 e. The van der Waals surface area contributed by atoms with Crippen molar-refractivity contribution in [2.24, 2.45) is 0 Å². The van der Waals surface area contributed by atoms with E-state index in [1.165, 1.54) is 7.11 Å². The molecule has 1 aliphatic heterocycles. The van der Waals surface area contributed by atoms with E-state index < -0.39 is 17.1 Å². The molecule has 0 saturated carbocycles. The molecule has 3 amide bonds. The second-order valence-corrected chi connectivity index (χ2v) is 6.54. The number of nitrogens with one attached hydrogen (secondary N) is 1. The first kappa shape index (κ1) is 20.5. The van der Waals surface area contributed by atoms with Crippen LogP contribution < -0.4 is 10.1 Å². The summed E-state index contributed by atoms with van der Waals surface area (Å²) in [5, 5.41) is 2.16. The first-order chi connectivity index (χ1) is 12.9. The molecule has 0 unspecified atom stereocenters. The summed E-state index contributed by atoms with van der Waals surface area (Å²) in [6.45, 7) is 1.92. The fourth-order valence-electron chi connectivity index (χ4n) is 2.11. The average molecular weight is 392 g/mol. The van der Waals surface area contributed by atoms with Gasteiger partial charge in [-0.2, -0.15) is 0 Å². The van der Waals surface area contributed by atoms with Gasteiger partial charge in [-0.1, -0.05) is 19.1 Å². The molecule has 1 aromatic carbocycles. The van der Waals surface area contributed by atoms with Gasteiger partial charge in [0.05, 0.1) is 12.0 Å². The van der Waals surface area contributed by atoms with Gasteiger partial charge in [-0.25, -0.2) is 4.79 Å². The van der Waals surface area contributed by atoms with E-state index >= 15 is 0 Å². The molecule has 1 N–H and O–H groups in total. The Morgan fingerprint density at radius 3 is 2.56 bits per heavy atom. The second kappa shape index (κ2) is 9.77. The van der Waals surface area contributed by atoms with E-state index in [4.69, 9.17) is 4.74 Å². The van der Waals surface area contributed by atoms with E-state index in [0.717, 1.165) is 23.1 Å². The topological polar surface area (TPSA) is 102 Å². The number of carbonyl (C=O) groups excluding carboxylic acids is 4. The standard InChI is InChI=1S/C18H20N2O6S/c1-3-8-19-15(21)10-20-17(23)14(27-18(20)24)9-12-4-6-13(7-5-12)26-11-16(22)25-2/h4-7,9H,3,8,10-11H2,1-2H3,(H,19,21)/b14-9-. The van der Waals surface area contributed by atoms with Crippen LogP contribution in [-0.2, 0) is 19.1 Å². The molecule has 1 aliphatic rings. The molecule has 27 heavy (non-hydrogen) atoms. The molecule has 144 valence electrons. The summed E-state index contributed by atoms with van der Waals surface area (Å²) in [7, 11) is 1.27. The minimum Gasteiger partial charge on any atom is -0.482 e. The lowest BCUT2D eigenvalue weighted by atomic mass is 10.2. The van der Waals surface area contributed by atoms with Crippen LogP contribution in [0.1, 0.15) is 18.9 Å². The Labute approximate surface area is 160 Å².